The van der Waals surface area contributed by atoms with E-state index in [1.54, 1.807) is 0 Å². The van der Waals surface area contributed by atoms with Crippen LogP contribution in [0.2, 0.25) is 0 Å². The van der Waals surface area contributed by atoms with Gasteiger partial charge in [0.2, 0.25) is 0 Å². The van der Waals surface area contributed by atoms with Gasteiger partial charge in [-0.25, -0.2) is 0 Å². The first-order valence-corrected chi connectivity index (χ1v) is 6.25. The second kappa shape index (κ2) is 5.13. The van der Waals surface area contributed by atoms with E-state index in [-0.39, 0.29) is 6.10 Å². The van der Waals surface area contributed by atoms with E-state index < -0.39 is 0 Å². The summed E-state index contributed by atoms with van der Waals surface area (Å²) in [6.07, 6.45) is 5.14. The highest BCUT2D eigenvalue weighted by Crippen LogP contribution is 2.28. The van der Waals surface area contributed by atoms with Gasteiger partial charge < -0.3 is 4.74 Å². The molecule has 17 heavy (non-hydrogen) atoms. The topological polar surface area (TPSA) is 58.8 Å². The van der Waals surface area contributed by atoms with Gasteiger partial charge >= 0.3 is 0 Å². The molecule has 0 aromatic carbocycles. The average molecular weight is 231 g/mol. The molecule has 1 fully saturated rings. The Morgan fingerprint density at radius 1 is 1.29 bits per heavy atom. The minimum absolute atomic E-state index is 0.230. The smallest absolute Gasteiger partial charge is 0.252 e. The van der Waals surface area contributed by atoms with Crippen LogP contribution in [0.5, 0.6) is 5.88 Å². The van der Waals surface area contributed by atoms with Crippen molar-refractivity contribution in [2.75, 3.05) is 0 Å². The van der Waals surface area contributed by atoms with Crippen molar-refractivity contribution in [3.8, 4) is 11.9 Å². The molecule has 0 saturated heterocycles. The molecule has 0 radical (unpaired) electrons. The van der Waals surface area contributed by atoms with Crippen LogP contribution in [-0.4, -0.2) is 16.3 Å². The maximum Gasteiger partial charge on any atom is 0.252 e. The molecule has 0 atom stereocenters. The van der Waals surface area contributed by atoms with Crippen molar-refractivity contribution < 1.29 is 4.74 Å². The number of ether oxygens (including phenoxy) is 1. The van der Waals surface area contributed by atoms with Crippen LogP contribution in [0.4, 0.5) is 0 Å². The molecular weight excluding hydrogens is 214 g/mol. The van der Waals surface area contributed by atoms with E-state index >= 15 is 0 Å². The highest BCUT2D eigenvalue weighted by atomic mass is 16.5. The first-order chi connectivity index (χ1) is 8.30. The average Bonchev–Trinajstić information content (AvgIpc) is 2.32. The summed E-state index contributed by atoms with van der Waals surface area (Å²) < 4.78 is 5.72. The lowest BCUT2D eigenvalue weighted by Crippen LogP contribution is -2.26. The van der Waals surface area contributed by atoms with E-state index in [0.29, 0.717) is 11.4 Å². The molecule has 0 amide bonds. The van der Waals surface area contributed by atoms with Gasteiger partial charge in [-0.3, -0.25) is 0 Å². The van der Waals surface area contributed by atoms with E-state index in [1.165, 1.54) is 6.42 Å². The molecule has 4 nitrogen and oxygen atoms in total. The van der Waals surface area contributed by atoms with E-state index in [0.717, 1.165) is 36.9 Å². The lowest BCUT2D eigenvalue weighted by molar-refractivity contribution is 0.112. The summed E-state index contributed by atoms with van der Waals surface area (Å²) in [5.74, 6) is 0.422. The number of rotatable bonds is 4. The molecule has 1 aliphatic rings. The quantitative estimate of drug-likeness (QED) is 0.798. The molecular formula is C13H17N3O. The molecule has 1 saturated carbocycles. The monoisotopic (exact) mass is 231 g/mol. The molecule has 1 aliphatic carbocycles. The first-order valence-electron chi connectivity index (χ1n) is 6.25. The third-order valence-corrected chi connectivity index (χ3v) is 3.26. The van der Waals surface area contributed by atoms with Crippen LogP contribution in [0.15, 0.2) is 0 Å². The highest BCUT2D eigenvalue weighted by molar-refractivity contribution is 5.46. The maximum absolute atomic E-state index is 9.26. The third-order valence-electron chi connectivity index (χ3n) is 3.26. The standard InChI is InChI=1S/C13H17N3O/c1-3-10-11(8-14)13(16-15-12(10)4-2)17-9-6-5-7-9/h9H,3-7H2,1-2H3. The Morgan fingerprint density at radius 3 is 2.53 bits per heavy atom. The Balaban J connectivity index is 2.34. The highest BCUT2D eigenvalue weighted by Gasteiger charge is 2.23. The van der Waals surface area contributed by atoms with Crippen LogP contribution in [0.3, 0.4) is 0 Å². The summed E-state index contributed by atoms with van der Waals surface area (Å²) >= 11 is 0. The zero-order valence-electron chi connectivity index (χ0n) is 10.4. The maximum atomic E-state index is 9.26. The molecule has 90 valence electrons. The van der Waals surface area contributed by atoms with Gasteiger partial charge in [-0.1, -0.05) is 13.8 Å². The molecule has 0 unspecified atom stereocenters. The molecule has 1 heterocycles. The predicted molar refractivity (Wildman–Crippen MR) is 63.8 cm³/mol. The molecule has 4 heteroatoms. The fourth-order valence-electron chi connectivity index (χ4n) is 2.00. The molecule has 0 N–H and O–H groups in total. The molecule has 0 bridgehead atoms. The van der Waals surface area contributed by atoms with Gasteiger partial charge in [0.1, 0.15) is 17.7 Å². The number of nitrogens with zero attached hydrogens (tertiary/aromatic N) is 3. The summed E-state index contributed by atoms with van der Waals surface area (Å²) in [5.41, 5.74) is 2.47. The summed E-state index contributed by atoms with van der Waals surface area (Å²) in [7, 11) is 0. The largest absolute Gasteiger partial charge is 0.472 e. The number of hydrogen-bond donors (Lipinski definition) is 0. The number of aromatic nitrogens is 2. The molecule has 0 aliphatic heterocycles. The number of hydrogen-bond acceptors (Lipinski definition) is 4. The molecule has 2 rings (SSSR count). The minimum Gasteiger partial charge on any atom is -0.472 e. The van der Waals surface area contributed by atoms with Crippen LogP contribution in [-0.2, 0) is 12.8 Å². The van der Waals surface area contributed by atoms with Crippen LogP contribution in [0.25, 0.3) is 0 Å². The fraction of sp³-hybridized carbons (Fsp3) is 0.615. The van der Waals surface area contributed by atoms with Gasteiger partial charge in [0, 0.05) is 0 Å². The normalized spacial score (nSPS) is 15.1. The van der Waals surface area contributed by atoms with Gasteiger partial charge in [0.25, 0.3) is 5.88 Å². The van der Waals surface area contributed by atoms with E-state index in [9.17, 15) is 5.26 Å². The second-order valence-corrected chi connectivity index (χ2v) is 4.30. The van der Waals surface area contributed by atoms with E-state index in [2.05, 4.69) is 16.3 Å². The van der Waals surface area contributed by atoms with Gasteiger partial charge in [0.15, 0.2) is 0 Å². The van der Waals surface area contributed by atoms with Crippen molar-refractivity contribution in [3.05, 3.63) is 16.8 Å². The van der Waals surface area contributed by atoms with Crippen molar-refractivity contribution in [2.45, 2.75) is 52.1 Å². The SMILES string of the molecule is CCc1nnc(OC2CCC2)c(C#N)c1CC. The number of nitriles is 1. The Labute approximate surface area is 102 Å². The molecule has 0 spiro atoms. The minimum atomic E-state index is 0.230. The summed E-state index contributed by atoms with van der Waals surface area (Å²) in [5, 5.41) is 17.5. The third kappa shape index (κ3) is 2.23. The second-order valence-electron chi connectivity index (χ2n) is 4.30. The zero-order chi connectivity index (χ0) is 12.3. The Morgan fingerprint density at radius 2 is 2.06 bits per heavy atom. The number of aryl methyl sites for hydroxylation is 1. The fourth-order valence-corrected chi connectivity index (χ4v) is 2.00. The van der Waals surface area contributed by atoms with Crippen molar-refractivity contribution in [3.63, 3.8) is 0 Å². The lowest BCUT2D eigenvalue weighted by atomic mass is 9.96. The zero-order valence-corrected chi connectivity index (χ0v) is 10.4. The van der Waals surface area contributed by atoms with Crippen molar-refractivity contribution in [2.24, 2.45) is 0 Å². The first kappa shape index (κ1) is 11.8. The van der Waals surface area contributed by atoms with Gasteiger partial charge in [-0.05, 0) is 37.7 Å². The van der Waals surface area contributed by atoms with Crippen molar-refractivity contribution >= 4 is 0 Å². The molecule has 1 aromatic rings. The van der Waals surface area contributed by atoms with Crippen molar-refractivity contribution in [1.29, 1.82) is 5.26 Å². The van der Waals surface area contributed by atoms with Gasteiger partial charge in [0.05, 0.1) is 5.69 Å². The van der Waals surface area contributed by atoms with Gasteiger partial charge in [-0.2, -0.15) is 10.4 Å². The molecule has 1 aromatic heterocycles. The van der Waals surface area contributed by atoms with Crippen LogP contribution < -0.4 is 4.74 Å². The summed E-state index contributed by atoms with van der Waals surface area (Å²) in [6, 6.07) is 2.22. The van der Waals surface area contributed by atoms with E-state index in [4.69, 9.17) is 4.74 Å². The van der Waals surface area contributed by atoms with Crippen LogP contribution >= 0.6 is 0 Å². The Bertz CT molecular complexity index is 447. The van der Waals surface area contributed by atoms with Crippen LogP contribution in [0.1, 0.15) is 49.9 Å². The summed E-state index contributed by atoms with van der Waals surface area (Å²) in [6.45, 7) is 4.06. The Hall–Kier alpha value is -1.63. The lowest BCUT2D eigenvalue weighted by Gasteiger charge is -2.26. The summed E-state index contributed by atoms with van der Waals surface area (Å²) in [4.78, 5) is 0. The van der Waals surface area contributed by atoms with Crippen LogP contribution in [0, 0.1) is 11.3 Å². The Kier molecular flexibility index (Phi) is 3.58. The van der Waals surface area contributed by atoms with Gasteiger partial charge in [-0.15, -0.1) is 5.10 Å². The van der Waals surface area contributed by atoms with Crippen molar-refractivity contribution in [1.82, 2.24) is 10.2 Å². The predicted octanol–water partition coefficient (Wildman–Crippen LogP) is 2.40. The van der Waals surface area contributed by atoms with E-state index in [1.807, 2.05) is 13.8 Å².